The van der Waals surface area contributed by atoms with Crippen LogP contribution in [0.2, 0.25) is 0 Å². The summed E-state index contributed by atoms with van der Waals surface area (Å²) in [6, 6.07) is 65.5. The van der Waals surface area contributed by atoms with Gasteiger partial charge in [-0.15, -0.1) is 0 Å². The Hall–Kier alpha value is -10.6. The molecule has 0 spiro atoms. The standard InChI is InChI=1S/C33H39N3O.C32H37N3O.C30H34N4/c1-8-18-37-30-11-9-10-24(4)31(30)36-32(25-15-12-22(2)13-16-25)27-20-35(21-28(27)34-36)29-19-26(33(5,6)7)17-14-23(29)3;1-8-36-29-11-9-10-23(4)30(29)35-31(24-15-12-21(2)13-16-24)26-19-34(20-27(26)33-35)28-18-25(32(5,6)7)17-14-22(28)3;1-19-10-13-23(30(4,5)6)16-27(19)33-17-25-26(18-33)32-34(28-20(2)8-7-9-21(28)3)29(25)22-11-14-24(31)15-12-22/h9-17,19H,8,18,20-21H2,1-7H3;9-18H,8,19-20H2,1-7H3;7-16H,17-18,31H2,1-6H3. The second-order valence-electron chi connectivity index (χ2n) is 33.1. The van der Waals surface area contributed by atoms with Crippen LogP contribution in [0.3, 0.4) is 0 Å². The van der Waals surface area contributed by atoms with E-state index in [0.717, 1.165) is 119 Å². The lowest BCUT2D eigenvalue weighted by atomic mass is 9.86. The van der Waals surface area contributed by atoms with Crippen molar-refractivity contribution in [1.29, 1.82) is 0 Å². The summed E-state index contributed by atoms with van der Waals surface area (Å²) in [4.78, 5) is 7.43. The fraction of sp³-hybridized carbons (Fsp3) is 0.337. The molecular weight excluding hydrogens is 1310 g/mol. The van der Waals surface area contributed by atoms with Gasteiger partial charge in [0.15, 0.2) is 0 Å². The number of anilines is 4. The summed E-state index contributed by atoms with van der Waals surface area (Å²) in [5, 5.41) is 15.7. The summed E-state index contributed by atoms with van der Waals surface area (Å²) in [6.07, 6.45) is 0.968. The molecule has 6 heterocycles. The molecule has 12 aromatic rings. The summed E-state index contributed by atoms with van der Waals surface area (Å²) in [7, 11) is 0. The number of para-hydroxylation sites is 3. The predicted molar refractivity (Wildman–Crippen MR) is 446 cm³/mol. The molecule has 9 aromatic carbocycles. The molecule has 12 heteroatoms. The first-order valence-corrected chi connectivity index (χ1v) is 38.4. The van der Waals surface area contributed by atoms with Gasteiger partial charge >= 0.3 is 0 Å². The van der Waals surface area contributed by atoms with E-state index in [-0.39, 0.29) is 16.2 Å². The third kappa shape index (κ3) is 15.3. The Balaban J connectivity index is 0.000000142. The SMILES string of the molecule is CCCOc1cccc(C)c1-n1nc2c(c1-c1ccc(C)cc1)CN(c1cc(C(C)(C)C)ccc1C)C2.CCOc1cccc(C)c1-n1nc2c(c1-c1ccc(C)cc1)CN(c1cc(C(C)(C)C)ccc1C)C2.Cc1ccc(C(C)(C)C)cc1N1Cc2nn(-c3c(C)cccc3C)c(-c3ccc(N)cc3)c2C1. The lowest BCUT2D eigenvalue weighted by Crippen LogP contribution is -2.19. The molecular formula is C95H110N10O2. The van der Waals surface area contributed by atoms with E-state index >= 15 is 0 Å². The second kappa shape index (κ2) is 30.0. The molecule has 552 valence electrons. The number of nitrogens with two attached hydrogens (primary N) is 1. The van der Waals surface area contributed by atoms with Crippen LogP contribution in [-0.2, 0) is 55.5 Å². The highest BCUT2D eigenvalue weighted by atomic mass is 16.5. The Morgan fingerprint density at radius 3 is 0.981 bits per heavy atom. The Morgan fingerprint density at radius 1 is 0.346 bits per heavy atom. The van der Waals surface area contributed by atoms with Crippen molar-refractivity contribution in [2.24, 2.45) is 0 Å². The van der Waals surface area contributed by atoms with E-state index in [9.17, 15) is 0 Å². The van der Waals surface area contributed by atoms with E-state index in [1.165, 1.54) is 112 Å². The number of aromatic nitrogens is 6. The number of ether oxygens (including phenoxy) is 2. The number of fused-ring (bicyclic) bond motifs is 3. The van der Waals surface area contributed by atoms with Gasteiger partial charge in [0, 0.05) is 75.8 Å². The minimum atomic E-state index is 0.110. The maximum atomic E-state index is 6.21. The van der Waals surface area contributed by atoms with Gasteiger partial charge in [0.2, 0.25) is 0 Å². The number of aryl methyl sites for hydroxylation is 9. The van der Waals surface area contributed by atoms with Crippen molar-refractivity contribution in [3.05, 3.63) is 283 Å². The highest BCUT2D eigenvalue weighted by Gasteiger charge is 2.36. The Labute approximate surface area is 636 Å². The molecule has 3 aliphatic rings. The lowest BCUT2D eigenvalue weighted by molar-refractivity contribution is 0.315. The molecule has 0 fully saturated rings. The first-order chi connectivity index (χ1) is 51.0. The zero-order valence-electron chi connectivity index (χ0n) is 67.1. The Bertz CT molecular complexity index is 5220. The monoisotopic (exact) mass is 1420 g/mol. The number of hydrogen-bond acceptors (Lipinski definition) is 9. The first-order valence-electron chi connectivity index (χ1n) is 38.4. The molecule has 0 radical (unpaired) electrons. The van der Waals surface area contributed by atoms with Gasteiger partial charge in [-0.1, -0.05) is 220 Å². The minimum absolute atomic E-state index is 0.110. The summed E-state index contributed by atoms with van der Waals surface area (Å²) in [5.41, 5.74) is 43.8. The van der Waals surface area contributed by atoms with E-state index in [1.807, 2.05) is 25.1 Å². The zero-order valence-corrected chi connectivity index (χ0v) is 67.1. The van der Waals surface area contributed by atoms with Gasteiger partial charge < -0.3 is 29.9 Å². The van der Waals surface area contributed by atoms with Gasteiger partial charge in [0.05, 0.1) is 72.7 Å². The fourth-order valence-electron chi connectivity index (χ4n) is 15.4. The molecule has 12 nitrogen and oxygen atoms in total. The van der Waals surface area contributed by atoms with Gasteiger partial charge in [0.1, 0.15) is 22.9 Å². The number of benzene rings is 9. The summed E-state index contributed by atoms with van der Waals surface area (Å²) in [5.74, 6) is 1.76. The smallest absolute Gasteiger partial charge is 0.145 e. The summed E-state index contributed by atoms with van der Waals surface area (Å²) < 4.78 is 18.7. The highest BCUT2D eigenvalue weighted by molar-refractivity contribution is 5.76. The maximum absolute atomic E-state index is 6.21. The average molecular weight is 1420 g/mol. The molecule has 0 bridgehead atoms. The fourth-order valence-corrected chi connectivity index (χ4v) is 15.4. The molecule has 3 aromatic heterocycles. The quantitative estimate of drug-likeness (QED) is 0.107. The van der Waals surface area contributed by atoms with E-state index in [1.54, 1.807) is 0 Å². The predicted octanol–water partition coefficient (Wildman–Crippen LogP) is 22.6. The van der Waals surface area contributed by atoms with Crippen molar-refractivity contribution in [2.75, 3.05) is 33.6 Å². The molecule has 0 amide bonds. The van der Waals surface area contributed by atoms with Crippen molar-refractivity contribution in [1.82, 2.24) is 29.3 Å². The maximum Gasteiger partial charge on any atom is 0.145 e. The highest BCUT2D eigenvalue weighted by Crippen LogP contribution is 2.45. The average Bonchev–Trinajstić information content (AvgIpc) is 1.60. The number of hydrogen-bond donors (Lipinski definition) is 1. The van der Waals surface area contributed by atoms with Crippen LogP contribution in [0.1, 0.15) is 183 Å². The molecule has 107 heavy (non-hydrogen) atoms. The molecule has 15 rings (SSSR count). The number of nitrogen functional groups attached to an aromatic ring is 1. The van der Waals surface area contributed by atoms with Crippen molar-refractivity contribution >= 4 is 22.7 Å². The molecule has 2 N–H and O–H groups in total. The van der Waals surface area contributed by atoms with Crippen molar-refractivity contribution in [2.45, 2.75) is 200 Å². The Morgan fingerprint density at radius 2 is 0.654 bits per heavy atom. The largest absolute Gasteiger partial charge is 0.492 e. The topological polar surface area (TPSA) is 108 Å². The first kappa shape index (κ1) is 74.7. The van der Waals surface area contributed by atoms with Crippen LogP contribution in [0.25, 0.3) is 50.8 Å². The van der Waals surface area contributed by atoms with Gasteiger partial charge in [-0.05, 0) is 190 Å². The molecule has 0 atom stereocenters. The van der Waals surface area contributed by atoms with Crippen LogP contribution in [-0.4, -0.2) is 42.6 Å². The van der Waals surface area contributed by atoms with E-state index in [2.05, 4.69) is 324 Å². The van der Waals surface area contributed by atoms with E-state index < -0.39 is 0 Å². The molecule has 0 aliphatic carbocycles. The van der Waals surface area contributed by atoms with Crippen molar-refractivity contribution in [3.8, 4) is 62.3 Å². The number of nitrogens with zero attached hydrogens (tertiary/aromatic N) is 9. The normalized spacial score (nSPS) is 13.3. The van der Waals surface area contributed by atoms with Crippen LogP contribution in [0.4, 0.5) is 22.7 Å². The number of rotatable bonds is 14. The van der Waals surface area contributed by atoms with Crippen LogP contribution >= 0.6 is 0 Å². The van der Waals surface area contributed by atoms with Crippen LogP contribution in [0.15, 0.2) is 182 Å². The van der Waals surface area contributed by atoms with Crippen molar-refractivity contribution in [3.63, 3.8) is 0 Å². The second-order valence-corrected chi connectivity index (χ2v) is 33.1. The molecule has 0 unspecified atom stereocenters. The molecule has 3 aliphatic heterocycles. The third-order valence-electron chi connectivity index (χ3n) is 21.6. The molecule has 0 saturated carbocycles. The third-order valence-corrected chi connectivity index (χ3v) is 21.6. The van der Waals surface area contributed by atoms with Gasteiger partial charge in [-0.3, -0.25) is 0 Å². The van der Waals surface area contributed by atoms with Gasteiger partial charge in [-0.25, -0.2) is 14.0 Å². The zero-order chi connectivity index (χ0) is 76.1. The molecule has 0 saturated heterocycles. The van der Waals surface area contributed by atoms with Crippen LogP contribution in [0.5, 0.6) is 11.5 Å². The van der Waals surface area contributed by atoms with Crippen LogP contribution < -0.4 is 29.9 Å². The Kier molecular flexibility index (Phi) is 20.9. The van der Waals surface area contributed by atoms with Crippen molar-refractivity contribution < 1.29 is 9.47 Å². The minimum Gasteiger partial charge on any atom is -0.492 e. The summed E-state index contributed by atoms with van der Waals surface area (Å²) in [6.45, 7) is 50.4. The van der Waals surface area contributed by atoms with Gasteiger partial charge in [0.25, 0.3) is 0 Å². The van der Waals surface area contributed by atoms with Gasteiger partial charge in [-0.2, -0.15) is 15.3 Å². The van der Waals surface area contributed by atoms with Crippen LogP contribution in [0, 0.1) is 62.3 Å². The summed E-state index contributed by atoms with van der Waals surface area (Å²) >= 11 is 0. The lowest BCUT2D eigenvalue weighted by Gasteiger charge is -2.26. The van der Waals surface area contributed by atoms with E-state index in [0.29, 0.717) is 13.2 Å². The van der Waals surface area contributed by atoms with E-state index in [4.69, 9.17) is 30.5 Å².